The zero-order chi connectivity index (χ0) is 15.7. The molecule has 0 aliphatic carbocycles. The van der Waals surface area contributed by atoms with Gasteiger partial charge in [-0.05, 0) is 24.5 Å². The number of nitrogens with one attached hydrogen (secondary N) is 1. The molecule has 6 heteroatoms. The lowest BCUT2D eigenvalue weighted by molar-refractivity contribution is 0.0688. The van der Waals surface area contributed by atoms with Crippen molar-refractivity contribution in [3.63, 3.8) is 0 Å². The molecule has 0 saturated carbocycles. The first kappa shape index (κ1) is 17.9. The molecule has 1 heterocycles. The smallest absolute Gasteiger partial charge is 0.251 e. The van der Waals surface area contributed by atoms with Crippen molar-refractivity contribution in [2.45, 2.75) is 26.2 Å². The quantitative estimate of drug-likeness (QED) is 0.562. The van der Waals surface area contributed by atoms with Crippen LogP contribution < -0.4 is 5.32 Å². The molecule has 1 amide bonds. The third kappa shape index (κ3) is 6.89. The third-order valence-electron chi connectivity index (χ3n) is 2.85. The number of nitrogens with zero attached hydrogens (tertiary/aromatic N) is 1. The van der Waals surface area contributed by atoms with E-state index in [9.17, 15) is 4.79 Å². The highest BCUT2D eigenvalue weighted by Crippen LogP contribution is 2.17. The summed E-state index contributed by atoms with van der Waals surface area (Å²) in [4.78, 5) is 16.3. The number of hydrogen-bond acceptors (Lipinski definition) is 4. The minimum absolute atomic E-state index is 0.141. The molecular weight excluding hydrogens is 292 g/mol. The molecule has 0 fully saturated rings. The minimum Gasteiger partial charge on any atom is -0.382 e. The van der Waals surface area contributed by atoms with Crippen molar-refractivity contribution in [3.8, 4) is 0 Å². The topological polar surface area (TPSA) is 60.5 Å². The number of ether oxygens (including phenoxy) is 2. The van der Waals surface area contributed by atoms with Crippen LogP contribution in [0.1, 0.15) is 42.2 Å². The van der Waals surface area contributed by atoms with Gasteiger partial charge in [-0.1, -0.05) is 25.4 Å². The number of hydrogen-bond donors (Lipinski definition) is 1. The van der Waals surface area contributed by atoms with Crippen molar-refractivity contribution in [1.82, 2.24) is 10.3 Å². The van der Waals surface area contributed by atoms with E-state index in [-0.39, 0.29) is 11.8 Å². The second kappa shape index (κ2) is 9.71. The second-order valence-electron chi connectivity index (χ2n) is 4.97. The van der Waals surface area contributed by atoms with Crippen molar-refractivity contribution in [2.24, 2.45) is 0 Å². The van der Waals surface area contributed by atoms with Crippen molar-refractivity contribution in [1.29, 1.82) is 0 Å². The van der Waals surface area contributed by atoms with Crippen LogP contribution in [0.25, 0.3) is 0 Å². The summed E-state index contributed by atoms with van der Waals surface area (Å²) in [5.74, 6) is 0.0857. The number of halogens is 1. The summed E-state index contributed by atoms with van der Waals surface area (Å²) >= 11 is 5.95. The Morgan fingerprint density at radius 3 is 2.76 bits per heavy atom. The number of amides is 1. The lowest BCUT2D eigenvalue weighted by Crippen LogP contribution is -2.25. The normalized spacial score (nSPS) is 10.9. The maximum Gasteiger partial charge on any atom is 0.251 e. The highest BCUT2D eigenvalue weighted by Gasteiger charge is 2.10. The molecule has 1 rings (SSSR count). The molecule has 0 aromatic carbocycles. The van der Waals surface area contributed by atoms with E-state index in [1.54, 1.807) is 19.2 Å². The van der Waals surface area contributed by atoms with E-state index in [0.717, 1.165) is 12.1 Å². The average molecular weight is 315 g/mol. The van der Waals surface area contributed by atoms with E-state index in [1.165, 1.54) is 0 Å². The maximum atomic E-state index is 12.0. The predicted octanol–water partition coefficient (Wildman–Crippen LogP) is 2.64. The van der Waals surface area contributed by atoms with Crippen LogP contribution >= 0.6 is 11.6 Å². The van der Waals surface area contributed by atoms with Crippen LogP contribution in [0, 0.1) is 0 Å². The zero-order valence-electron chi connectivity index (χ0n) is 12.8. The summed E-state index contributed by atoms with van der Waals surface area (Å²) < 4.78 is 10.2. The molecule has 0 saturated heterocycles. The van der Waals surface area contributed by atoms with Gasteiger partial charge in [0, 0.05) is 31.5 Å². The van der Waals surface area contributed by atoms with Crippen LogP contribution in [0.5, 0.6) is 0 Å². The summed E-state index contributed by atoms with van der Waals surface area (Å²) in [7, 11) is 1.63. The Kier molecular flexibility index (Phi) is 8.27. The number of carbonyl (C=O) groups is 1. The fourth-order valence-corrected chi connectivity index (χ4v) is 1.88. The molecule has 0 aliphatic heterocycles. The highest BCUT2D eigenvalue weighted by molar-refractivity contribution is 6.29. The summed E-state index contributed by atoms with van der Waals surface area (Å²) in [6.45, 7) is 6.33. The molecule has 0 bridgehead atoms. The van der Waals surface area contributed by atoms with Crippen molar-refractivity contribution < 1.29 is 14.3 Å². The standard InChI is InChI=1S/C15H23ClN2O3/c1-11(2)13-9-12(10-14(16)18-13)15(19)17-5-4-6-21-8-7-20-3/h9-11H,4-8H2,1-3H3,(H,17,19). The van der Waals surface area contributed by atoms with Gasteiger partial charge < -0.3 is 14.8 Å². The van der Waals surface area contributed by atoms with Gasteiger partial charge in [0.2, 0.25) is 0 Å². The Morgan fingerprint density at radius 1 is 1.33 bits per heavy atom. The average Bonchev–Trinajstić information content (AvgIpc) is 2.45. The van der Waals surface area contributed by atoms with Gasteiger partial charge >= 0.3 is 0 Å². The first-order valence-corrected chi connectivity index (χ1v) is 7.44. The van der Waals surface area contributed by atoms with Gasteiger partial charge in [0.25, 0.3) is 5.91 Å². The Labute approximate surface area is 131 Å². The Bertz CT molecular complexity index is 453. The highest BCUT2D eigenvalue weighted by atomic mass is 35.5. The van der Waals surface area contributed by atoms with Gasteiger partial charge in [0.05, 0.1) is 13.2 Å². The number of rotatable bonds is 9. The first-order chi connectivity index (χ1) is 10.0. The van der Waals surface area contributed by atoms with Crippen molar-refractivity contribution >= 4 is 17.5 Å². The SMILES string of the molecule is COCCOCCCNC(=O)c1cc(Cl)nc(C(C)C)c1. The largest absolute Gasteiger partial charge is 0.382 e. The van der Waals surface area contributed by atoms with E-state index in [0.29, 0.717) is 37.1 Å². The number of carbonyl (C=O) groups excluding carboxylic acids is 1. The molecule has 1 N–H and O–H groups in total. The molecule has 0 spiro atoms. The van der Waals surface area contributed by atoms with Gasteiger partial charge in [0.15, 0.2) is 0 Å². The second-order valence-corrected chi connectivity index (χ2v) is 5.36. The van der Waals surface area contributed by atoms with E-state index in [2.05, 4.69) is 10.3 Å². The molecule has 1 aromatic heterocycles. The summed E-state index contributed by atoms with van der Waals surface area (Å²) in [6, 6.07) is 3.36. The lowest BCUT2D eigenvalue weighted by Gasteiger charge is -2.09. The summed E-state index contributed by atoms with van der Waals surface area (Å²) in [6.07, 6.45) is 0.755. The molecule has 1 aromatic rings. The van der Waals surface area contributed by atoms with E-state index in [1.807, 2.05) is 13.8 Å². The van der Waals surface area contributed by atoms with Crippen LogP contribution in [0.15, 0.2) is 12.1 Å². The van der Waals surface area contributed by atoms with Gasteiger partial charge in [-0.3, -0.25) is 4.79 Å². The van der Waals surface area contributed by atoms with E-state index < -0.39 is 0 Å². The van der Waals surface area contributed by atoms with Crippen LogP contribution in [0.4, 0.5) is 0 Å². The molecule has 0 aliphatic rings. The van der Waals surface area contributed by atoms with Crippen LogP contribution in [0.3, 0.4) is 0 Å². The number of pyridine rings is 1. The monoisotopic (exact) mass is 314 g/mol. The molecule has 5 nitrogen and oxygen atoms in total. The third-order valence-corrected chi connectivity index (χ3v) is 3.04. The molecule has 118 valence electrons. The van der Waals surface area contributed by atoms with Crippen molar-refractivity contribution in [3.05, 3.63) is 28.5 Å². The number of methoxy groups -OCH3 is 1. The fourth-order valence-electron chi connectivity index (χ4n) is 1.67. The zero-order valence-corrected chi connectivity index (χ0v) is 13.6. The van der Waals surface area contributed by atoms with Gasteiger partial charge in [-0.15, -0.1) is 0 Å². The van der Waals surface area contributed by atoms with E-state index in [4.69, 9.17) is 21.1 Å². The predicted molar refractivity (Wildman–Crippen MR) is 83.0 cm³/mol. The van der Waals surface area contributed by atoms with Crippen LogP contribution in [0.2, 0.25) is 5.15 Å². The van der Waals surface area contributed by atoms with Crippen LogP contribution in [-0.2, 0) is 9.47 Å². The number of aromatic nitrogens is 1. The minimum atomic E-state index is -0.141. The molecule has 0 atom stereocenters. The van der Waals surface area contributed by atoms with E-state index >= 15 is 0 Å². The molecule has 0 radical (unpaired) electrons. The molecule has 0 unspecified atom stereocenters. The Balaban J connectivity index is 2.38. The first-order valence-electron chi connectivity index (χ1n) is 7.07. The fraction of sp³-hybridized carbons (Fsp3) is 0.600. The van der Waals surface area contributed by atoms with Gasteiger partial charge in [-0.25, -0.2) is 4.98 Å². The maximum absolute atomic E-state index is 12.0. The Morgan fingerprint density at radius 2 is 2.10 bits per heavy atom. The van der Waals surface area contributed by atoms with Crippen molar-refractivity contribution in [2.75, 3.05) is 33.5 Å². The van der Waals surface area contributed by atoms with Gasteiger partial charge in [-0.2, -0.15) is 0 Å². The Hall–Kier alpha value is -1.17. The molecular formula is C15H23ClN2O3. The summed E-state index contributed by atoms with van der Waals surface area (Å²) in [5.41, 5.74) is 1.36. The molecule has 21 heavy (non-hydrogen) atoms. The van der Waals surface area contributed by atoms with Crippen LogP contribution in [-0.4, -0.2) is 44.4 Å². The summed E-state index contributed by atoms with van der Waals surface area (Å²) in [5, 5.41) is 3.19. The lowest BCUT2D eigenvalue weighted by atomic mass is 10.1. The van der Waals surface area contributed by atoms with Gasteiger partial charge in [0.1, 0.15) is 5.15 Å².